The molecular weight excluding hydrogens is 362 g/mol. The lowest BCUT2D eigenvalue weighted by atomic mass is 9.75. The number of amides is 1. The predicted molar refractivity (Wildman–Crippen MR) is 114 cm³/mol. The molecule has 0 saturated carbocycles. The number of carbonyl (C=O) groups excluding carboxylic acids is 1. The van der Waals surface area contributed by atoms with E-state index in [0.717, 1.165) is 43.7 Å². The first-order valence-electron chi connectivity index (χ1n) is 10.7. The van der Waals surface area contributed by atoms with Gasteiger partial charge in [-0.2, -0.15) is 0 Å². The quantitative estimate of drug-likeness (QED) is 0.798. The van der Waals surface area contributed by atoms with E-state index in [-0.39, 0.29) is 17.2 Å². The summed E-state index contributed by atoms with van der Waals surface area (Å²) in [6, 6.07) is 9.08. The number of nitrogens with zero attached hydrogens (tertiary/aromatic N) is 5. The Morgan fingerprint density at radius 3 is 2.52 bits per heavy atom. The second-order valence-electron chi connectivity index (χ2n) is 9.93. The molecule has 0 aliphatic carbocycles. The zero-order valence-electron chi connectivity index (χ0n) is 18.3. The van der Waals surface area contributed by atoms with Crippen molar-refractivity contribution < 1.29 is 4.79 Å². The molecule has 5 rings (SSSR count). The van der Waals surface area contributed by atoms with Crippen LogP contribution in [0.4, 0.5) is 0 Å². The lowest BCUT2D eigenvalue weighted by molar-refractivity contribution is -0.141. The highest BCUT2D eigenvalue weighted by Crippen LogP contribution is 2.37. The zero-order chi connectivity index (χ0) is 20.8. The summed E-state index contributed by atoms with van der Waals surface area (Å²) in [5.74, 6) is 0.926. The highest BCUT2D eigenvalue weighted by atomic mass is 16.2. The van der Waals surface area contributed by atoms with Crippen molar-refractivity contribution in [3.05, 3.63) is 36.0 Å². The number of carbonyl (C=O) groups is 1. The van der Waals surface area contributed by atoms with E-state index in [1.165, 1.54) is 5.56 Å². The van der Waals surface area contributed by atoms with Gasteiger partial charge in [0.25, 0.3) is 0 Å². The van der Waals surface area contributed by atoms with Gasteiger partial charge in [-0.1, -0.05) is 50.3 Å². The second kappa shape index (κ2) is 7.56. The maximum absolute atomic E-state index is 12.5. The molecule has 1 aromatic carbocycles. The number of hydrogen-bond acceptors (Lipinski definition) is 4. The molecule has 6 nitrogen and oxygen atoms in total. The largest absolute Gasteiger partial charge is 0.349 e. The van der Waals surface area contributed by atoms with Crippen molar-refractivity contribution in [3.8, 4) is 11.3 Å². The van der Waals surface area contributed by atoms with Gasteiger partial charge in [0.2, 0.25) is 5.91 Å². The third-order valence-corrected chi connectivity index (χ3v) is 6.62. The topological polar surface area (TPSA) is 54.3 Å². The number of fused-ring (bicyclic) bond motifs is 3. The Labute approximate surface area is 173 Å². The lowest BCUT2D eigenvalue weighted by Crippen LogP contribution is -2.57. The highest BCUT2D eigenvalue weighted by molar-refractivity contribution is 5.79. The molecule has 0 spiro atoms. The average molecular weight is 396 g/mol. The SMILES string of the molecule is CN(C)C(=O)C1CN2CCC1CC2Cn1cc(-c2ccc(C(C)(C)C)cc2)nn1. The normalized spacial score (nSPS) is 26.5. The minimum atomic E-state index is 0.150. The molecule has 3 aliphatic heterocycles. The van der Waals surface area contributed by atoms with Gasteiger partial charge in [0, 0.05) is 32.2 Å². The van der Waals surface area contributed by atoms with E-state index in [0.29, 0.717) is 12.0 Å². The smallest absolute Gasteiger partial charge is 0.226 e. The molecule has 0 radical (unpaired) electrons. The summed E-state index contributed by atoms with van der Waals surface area (Å²) in [7, 11) is 3.73. The van der Waals surface area contributed by atoms with E-state index >= 15 is 0 Å². The number of aromatic nitrogens is 3. The molecule has 156 valence electrons. The van der Waals surface area contributed by atoms with Crippen molar-refractivity contribution in [1.29, 1.82) is 0 Å². The zero-order valence-corrected chi connectivity index (χ0v) is 18.3. The van der Waals surface area contributed by atoms with E-state index in [9.17, 15) is 4.79 Å². The number of piperidine rings is 3. The summed E-state index contributed by atoms with van der Waals surface area (Å²) in [4.78, 5) is 16.7. The first kappa shape index (κ1) is 20.1. The molecule has 1 amide bonds. The Hall–Kier alpha value is -2.21. The molecule has 2 bridgehead atoms. The Bertz CT molecular complexity index is 864. The van der Waals surface area contributed by atoms with Gasteiger partial charge in [-0.05, 0) is 36.3 Å². The van der Waals surface area contributed by atoms with Crippen LogP contribution in [0.25, 0.3) is 11.3 Å². The van der Waals surface area contributed by atoms with E-state index in [1.54, 1.807) is 4.90 Å². The molecule has 1 aromatic heterocycles. The molecule has 6 heteroatoms. The van der Waals surface area contributed by atoms with E-state index in [4.69, 9.17) is 0 Å². The molecule has 4 atom stereocenters. The Balaban J connectivity index is 1.42. The molecule has 29 heavy (non-hydrogen) atoms. The van der Waals surface area contributed by atoms with Gasteiger partial charge in [-0.25, -0.2) is 0 Å². The van der Waals surface area contributed by atoms with Crippen molar-refractivity contribution in [2.45, 2.75) is 51.6 Å². The summed E-state index contributed by atoms with van der Waals surface area (Å²) >= 11 is 0. The molecule has 3 aliphatic rings. The average Bonchev–Trinajstić information content (AvgIpc) is 3.15. The predicted octanol–water partition coefficient (Wildman–Crippen LogP) is 3.04. The van der Waals surface area contributed by atoms with Gasteiger partial charge in [0.15, 0.2) is 0 Å². The number of benzene rings is 1. The second-order valence-corrected chi connectivity index (χ2v) is 9.93. The maximum atomic E-state index is 12.5. The van der Waals surface area contributed by atoms with Crippen LogP contribution in [0.5, 0.6) is 0 Å². The molecule has 3 saturated heterocycles. The fraction of sp³-hybridized carbons (Fsp3) is 0.609. The van der Waals surface area contributed by atoms with Crippen LogP contribution >= 0.6 is 0 Å². The van der Waals surface area contributed by atoms with Crippen LogP contribution in [0.3, 0.4) is 0 Å². The van der Waals surface area contributed by atoms with Crippen LogP contribution in [-0.4, -0.2) is 63.9 Å². The van der Waals surface area contributed by atoms with Crippen LogP contribution in [0.1, 0.15) is 39.2 Å². The van der Waals surface area contributed by atoms with E-state index < -0.39 is 0 Å². The van der Waals surface area contributed by atoms with Crippen LogP contribution in [0.15, 0.2) is 30.5 Å². The van der Waals surface area contributed by atoms with Crippen molar-refractivity contribution in [3.63, 3.8) is 0 Å². The summed E-state index contributed by atoms with van der Waals surface area (Å²) in [5.41, 5.74) is 3.49. The van der Waals surface area contributed by atoms with Gasteiger partial charge in [-0.3, -0.25) is 14.4 Å². The van der Waals surface area contributed by atoms with Gasteiger partial charge in [-0.15, -0.1) is 5.10 Å². The minimum absolute atomic E-state index is 0.150. The maximum Gasteiger partial charge on any atom is 0.226 e. The van der Waals surface area contributed by atoms with Crippen LogP contribution in [0, 0.1) is 11.8 Å². The van der Waals surface area contributed by atoms with Crippen molar-refractivity contribution >= 4 is 5.91 Å². The van der Waals surface area contributed by atoms with Crippen LogP contribution in [-0.2, 0) is 16.8 Å². The van der Waals surface area contributed by atoms with E-state index in [1.807, 2.05) is 18.8 Å². The molecular formula is C23H33N5O. The molecule has 3 fully saturated rings. The summed E-state index contributed by atoms with van der Waals surface area (Å²) in [5, 5.41) is 8.79. The fourth-order valence-corrected chi connectivity index (χ4v) is 4.82. The Morgan fingerprint density at radius 2 is 1.93 bits per heavy atom. The monoisotopic (exact) mass is 395 g/mol. The van der Waals surface area contributed by atoms with Gasteiger partial charge < -0.3 is 4.90 Å². The van der Waals surface area contributed by atoms with Crippen LogP contribution in [0.2, 0.25) is 0 Å². The summed E-state index contributed by atoms with van der Waals surface area (Å²) in [6.07, 6.45) is 4.25. The summed E-state index contributed by atoms with van der Waals surface area (Å²) in [6.45, 7) is 9.48. The van der Waals surface area contributed by atoms with Gasteiger partial charge in [0.05, 0.1) is 18.7 Å². The molecule has 4 heterocycles. The Kier molecular flexibility index (Phi) is 5.23. The Morgan fingerprint density at radius 1 is 1.21 bits per heavy atom. The first-order valence-corrected chi connectivity index (χ1v) is 10.7. The third kappa shape index (κ3) is 4.08. The number of hydrogen-bond donors (Lipinski definition) is 0. The standard InChI is InChI=1S/C23H33N5O/c1-23(2,3)18-8-6-16(7-9-18)21-15-28(25-24-21)13-19-12-17-10-11-27(19)14-20(17)22(29)26(4)5/h6-9,15,17,19-20H,10-14H2,1-5H3. The van der Waals surface area contributed by atoms with Crippen molar-refractivity contribution in [2.75, 3.05) is 27.2 Å². The van der Waals surface area contributed by atoms with Crippen molar-refractivity contribution in [2.24, 2.45) is 11.8 Å². The lowest BCUT2D eigenvalue weighted by Gasteiger charge is -2.49. The van der Waals surface area contributed by atoms with Crippen molar-refractivity contribution in [1.82, 2.24) is 24.8 Å². The first-order chi connectivity index (χ1) is 13.7. The molecule has 0 N–H and O–H groups in total. The van der Waals surface area contributed by atoms with Crippen LogP contribution < -0.4 is 0 Å². The molecule has 2 aromatic rings. The van der Waals surface area contributed by atoms with Gasteiger partial charge in [0.1, 0.15) is 5.69 Å². The number of rotatable bonds is 4. The highest BCUT2D eigenvalue weighted by Gasteiger charge is 2.43. The summed E-state index contributed by atoms with van der Waals surface area (Å²) < 4.78 is 1.97. The fourth-order valence-electron chi connectivity index (χ4n) is 4.82. The molecule has 4 unspecified atom stereocenters. The van der Waals surface area contributed by atoms with E-state index in [2.05, 4.69) is 66.4 Å². The minimum Gasteiger partial charge on any atom is -0.349 e. The van der Waals surface area contributed by atoms with Gasteiger partial charge >= 0.3 is 0 Å². The third-order valence-electron chi connectivity index (χ3n) is 6.62.